The zero-order valence-electron chi connectivity index (χ0n) is 16.8. The third kappa shape index (κ3) is 7.52. The molecule has 0 unspecified atom stereocenters. The number of hydrogen-bond acceptors (Lipinski definition) is 4. The molecule has 2 heterocycles. The molecule has 1 aliphatic rings. The number of carbonyl (C=O) groups is 1. The zero-order chi connectivity index (χ0) is 21.6. The molecule has 1 aromatic carbocycles. The van der Waals surface area contributed by atoms with E-state index in [9.17, 15) is 18.0 Å². The van der Waals surface area contributed by atoms with Gasteiger partial charge in [0.25, 0.3) is 0 Å². The number of aromatic nitrogens is 1. The van der Waals surface area contributed by atoms with Crippen LogP contribution < -0.4 is 16.0 Å². The first-order valence-corrected chi connectivity index (χ1v) is 10.3. The summed E-state index contributed by atoms with van der Waals surface area (Å²) in [5, 5.41) is 10.3. The second kappa shape index (κ2) is 11.5. The maximum absolute atomic E-state index is 12.6. The Morgan fingerprint density at radius 2 is 1.94 bits per heavy atom. The van der Waals surface area contributed by atoms with Gasteiger partial charge in [0.05, 0.1) is 6.54 Å². The standard InChI is InChI=1S/C19H23F3N6OS.HI/c1-23-17(25-11-16-27-15(12-30-16)19(20,21)22)24-10-13-5-4-6-14(9-13)26-18(29)28-7-2-3-8-28;/h4-6,9,12H,2-3,7-8,10-11H2,1H3,(H,26,29)(H2,23,24,25);1H. The maximum atomic E-state index is 12.6. The molecule has 0 saturated carbocycles. The topological polar surface area (TPSA) is 81.7 Å². The van der Waals surface area contributed by atoms with E-state index in [2.05, 4.69) is 25.9 Å². The van der Waals surface area contributed by atoms with Gasteiger partial charge in [-0.05, 0) is 30.5 Å². The van der Waals surface area contributed by atoms with Crippen LogP contribution in [0.4, 0.5) is 23.7 Å². The number of hydrogen-bond donors (Lipinski definition) is 3. The number of nitrogens with zero attached hydrogens (tertiary/aromatic N) is 3. The van der Waals surface area contributed by atoms with Crippen LogP contribution in [0.3, 0.4) is 0 Å². The Hall–Kier alpha value is -2.09. The molecule has 170 valence electrons. The fourth-order valence-corrected chi connectivity index (χ4v) is 3.71. The summed E-state index contributed by atoms with van der Waals surface area (Å²) in [7, 11) is 1.57. The van der Waals surface area contributed by atoms with Crippen LogP contribution in [0.15, 0.2) is 34.6 Å². The Labute approximate surface area is 199 Å². The van der Waals surface area contributed by atoms with Crippen LogP contribution in [0.2, 0.25) is 0 Å². The predicted octanol–water partition coefficient (Wildman–Crippen LogP) is 4.27. The van der Waals surface area contributed by atoms with E-state index in [4.69, 9.17) is 0 Å². The summed E-state index contributed by atoms with van der Waals surface area (Å²) < 4.78 is 37.9. The highest BCUT2D eigenvalue weighted by molar-refractivity contribution is 14.0. The van der Waals surface area contributed by atoms with E-state index in [1.165, 1.54) is 0 Å². The van der Waals surface area contributed by atoms with Crippen LogP contribution >= 0.6 is 35.3 Å². The second-order valence-electron chi connectivity index (χ2n) is 6.73. The number of likely N-dealkylation sites (tertiary alicyclic amines) is 1. The van der Waals surface area contributed by atoms with Crippen molar-refractivity contribution in [1.82, 2.24) is 20.5 Å². The summed E-state index contributed by atoms with van der Waals surface area (Å²) in [5.74, 6) is 0.435. The average Bonchev–Trinajstić information content (AvgIpc) is 3.40. The van der Waals surface area contributed by atoms with E-state index in [0.717, 1.165) is 48.2 Å². The highest BCUT2D eigenvalue weighted by Gasteiger charge is 2.33. The number of carbonyl (C=O) groups excluding carboxylic acids is 1. The first-order chi connectivity index (χ1) is 14.3. The van der Waals surface area contributed by atoms with Crippen molar-refractivity contribution in [3.05, 3.63) is 45.9 Å². The Bertz CT molecular complexity index is 899. The van der Waals surface area contributed by atoms with Crippen molar-refractivity contribution in [2.24, 2.45) is 4.99 Å². The van der Waals surface area contributed by atoms with E-state index in [1.54, 1.807) is 11.9 Å². The molecule has 31 heavy (non-hydrogen) atoms. The van der Waals surface area contributed by atoms with E-state index in [0.29, 0.717) is 23.2 Å². The number of amides is 2. The molecule has 0 atom stereocenters. The zero-order valence-corrected chi connectivity index (χ0v) is 20.0. The molecule has 2 amide bonds. The van der Waals surface area contributed by atoms with Gasteiger partial charge in [0.15, 0.2) is 11.7 Å². The fraction of sp³-hybridized carbons (Fsp3) is 0.421. The van der Waals surface area contributed by atoms with Gasteiger partial charge in [0.1, 0.15) is 5.01 Å². The minimum Gasteiger partial charge on any atom is -0.352 e. The number of aliphatic imine (C=N–C) groups is 1. The number of thiazole rings is 1. The summed E-state index contributed by atoms with van der Waals surface area (Å²) in [6.07, 6.45) is -2.38. The van der Waals surface area contributed by atoms with Gasteiger partial charge < -0.3 is 20.9 Å². The second-order valence-corrected chi connectivity index (χ2v) is 7.67. The SMILES string of the molecule is CN=C(NCc1cccc(NC(=O)N2CCCC2)c1)NCc1nc(C(F)(F)F)cs1.I. The van der Waals surface area contributed by atoms with Crippen molar-refractivity contribution in [2.45, 2.75) is 32.1 Å². The quantitative estimate of drug-likeness (QED) is 0.286. The average molecular weight is 568 g/mol. The molecular formula is C19H24F3IN6OS. The molecule has 2 aromatic rings. The number of rotatable bonds is 5. The number of urea groups is 1. The van der Waals surface area contributed by atoms with E-state index in [-0.39, 0.29) is 36.6 Å². The molecule has 1 aromatic heterocycles. The van der Waals surface area contributed by atoms with Gasteiger partial charge in [-0.15, -0.1) is 35.3 Å². The van der Waals surface area contributed by atoms with E-state index in [1.807, 2.05) is 24.3 Å². The predicted molar refractivity (Wildman–Crippen MR) is 126 cm³/mol. The molecule has 0 bridgehead atoms. The number of anilines is 1. The van der Waals surface area contributed by atoms with Crippen LogP contribution in [-0.4, -0.2) is 42.0 Å². The van der Waals surface area contributed by atoms with Crippen molar-refractivity contribution >= 4 is 53.0 Å². The lowest BCUT2D eigenvalue weighted by Gasteiger charge is -2.17. The van der Waals surface area contributed by atoms with Crippen LogP contribution in [0.25, 0.3) is 0 Å². The normalized spacial score (nSPS) is 14.2. The number of benzene rings is 1. The van der Waals surface area contributed by atoms with Crippen molar-refractivity contribution in [1.29, 1.82) is 0 Å². The molecule has 3 rings (SSSR count). The Kier molecular flexibility index (Phi) is 9.34. The monoisotopic (exact) mass is 568 g/mol. The van der Waals surface area contributed by atoms with Gasteiger partial charge >= 0.3 is 12.2 Å². The molecule has 1 fully saturated rings. The minimum atomic E-state index is -4.44. The van der Waals surface area contributed by atoms with Gasteiger partial charge in [-0.1, -0.05) is 12.1 Å². The van der Waals surface area contributed by atoms with Gasteiger partial charge in [-0.2, -0.15) is 13.2 Å². The number of nitrogens with one attached hydrogen (secondary N) is 3. The number of guanidine groups is 1. The lowest BCUT2D eigenvalue weighted by molar-refractivity contribution is -0.140. The Morgan fingerprint density at radius 1 is 1.23 bits per heavy atom. The molecule has 3 N–H and O–H groups in total. The summed E-state index contributed by atoms with van der Waals surface area (Å²) >= 11 is 0.941. The van der Waals surface area contributed by atoms with Crippen molar-refractivity contribution in [3.63, 3.8) is 0 Å². The summed E-state index contributed by atoms with van der Waals surface area (Å²) in [6.45, 7) is 2.11. The molecule has 0 spiro atoms. The first kappa shape index (κ1) is 25.2. The molecule has 1 saturated heterocycles. The molecular weight excluding hydrogens is 544 g/mol. The Balaban J connectivity index is 0.00000341. The van der Waals surface area contributed by atoms with Gasteiger partial charge in [0.2, 0.25) is 0 Å². The summed E-state index contributed by atoms with van der Waals surface area (Å²) in [6, 6.07) is 7.34. The third-order valence-corrected chi connectivity index (χ3v) is 5.35. The summed E-state index contributed by atoms with van der Waals surface area (Å²) in [4.78, 5) is 21.7. The smallest absolute Gasteiger partial charge is 0.352 e. The van der Waals surface area contributed by atoms with Gasteiger partial charge in [0, 0.05) is 37.7 Å². The van der Waals surface area contributed by atoms with Gasteiger partial charge in [-0.25, -0.2) is 9.78 Å². The minimum absolute atomic E-state index is 0. The van der Waals surface area contributed by atoms with Crippen molar-refractivity contribution in [2.75, 3.05) is 25.5 Å². The van der Waals surface area contributed by atoms with Gasteiger partial charge in [-0.3, -0.25) is 4.99 Å². The van der Waals surface area contributed by atoms with Crippen molar-refractivity contribution < 1.29 is 18.0 Å². The third-order valence-electron chi connectivity index (χ3n) is 4.50. The fourth-order valence-electron chi connectivity index (χ4n) is 2.97. The van der Waals surface area contributed by atoms with Crippen molar-refractivity contribution in [3.8, 4) is 0 Å². The lowest BCUT2D eigenvalue weighted by atomic mass is 10.2. The molecule has 1 aliphatic heterocycles. The molecule has 7 nitrogen and oxygen atoms in total. The van der Waals surface area contributed by atoms with Crippen LogP contribution in [-0.2, 0) is 19.3 Å². The maximum Gasteiger partial charge on any atom is 0.434 e. The van der Waals surface area contributed by atoms with Crippen LogP contribution in [0.1, 0.15) is 29.1 Å². The molecule has 12 heteroatoms. The highest BCUT2D eigenvalue weighted by atomic mass is 127. The summed E-state index contributed by atoms with van der Waals surface area (Å²) in [5.41, 5.74) is 0.738. The van der Waals surface area contributed by atoms with E-state index < -0.39 is 11.9 Å². The first-order valence-electron chi connectivity index (χ1n) is 9.46. The van der Waals surface area contributed by atoms with Crippen LogP contribution in [0, 0.1) is 0 Å². The lowest BCUT2D eigenvalue weighted by Crippen LogP contribution is -2.36. The highest BCUT2D eigenvalue weighted by Crippen LogP contribution is 2.29. The number of halogens is 4. The Morgan fingerprint density at radius 3 is 2.58 bits per heavy atom. The largest absolute Gasteiger partial charge is 0.434 e. The van der Waals surface area contributed by atoms with E-state index >= 15 is 0 Å². The molecule has 0 radical (unpaired) electrons. The number of alkyl halides is 3. The molecule has 0 aliphatic carbocycles. The van der Waals surface area contributed by atoms with Crippen LogP contribution in [0.5, 0.6) is 0 Å².